The zero-order chi connectivity index (χ0) is 11.3. The molecule has 0 aliphatic heterocycles. The van der Waals surface area contributed by atoms with Crippen molar-refractivity contribution in [2.24, 2.45) is 5.73 Å². The van der Waals surface area contributed by atoms with Gasteiger partial charge in [-0.25, -0.2) is 0 Å². The molecule has 0 aromatic heterocycles. The molecule has 1 aromatic carbocycles. The van der Waals surface area contributed by atoms with Gasteiger partial charge in [0.05, 0.1) is 12.7 Å². The lowest BCUT2D eigenvalue weighted by Crippen LogP contribution is -2.31. The highest BCUT2D eigenvalue weighted by Crippen LogP contribution is 2.09. The van der Waals surface area contributed by atoms with Gasteiger partial charge in [0.1, 0.15) is 6.10 Å². The van der Waals surface area contributed by atoms with Gasteiger partial charge in [0.25, 0.3) is 0 Å². The number of rotatable bonds is 5. The van der Waals surface area contributed by atoms with Gasteiger partial charge in [0.15, 0.2) is 0 Å². The maximum Gasteiger partial charge on any atom is 0.103 e. The SMILES string of the molecule is NCc1cccc(CC(O)C(O)CO)c1. The molecule has 15 heavy (non-hydrogen) atoms. The molecule has 4 heteroatoms. The third-order valence-electron chi connectivity index (χ3n) is 2.30. The fourth-order valence-corrected chi connectivity index (χ4v) is 1.38. The van der Waals surface area contributed by atoms with Crippen molar-refractivity contribution in [3.8, 4) is 0 Å². The molecule has 0 aliphatic carbocycles. The Morgan fingerprint density at radius 1 is 1.13 bits per heavy atom. The van der Waals surface area contributed by atoms with Crippen LogP contribution in [-0.2, 0) is 13.0 Å². The van der Waals surface area contributed by atoms with Gasteiger partial charge >= 0.3 is 0 Å². The van der Waals surface area contributed by atoms with Crippen molar-refractivity contribution in [3.63, 3.8) is 0 Å². The second-order valence-electron chi connectivity index (χ2n) is 3.55. The van der Waals surface area contributed by atoms with E-state index in [1.54, 1.807) is 0 Å². The summed E-state index contributed by atoms with van der Waals surface area (Å²) in [6.45, 7) is 0.0181. The molecule has 0 heterocycles. The van der Waals surface area contributed by atoms with Crippen molar-refractivity contribution < 1.29 is 15.3 Å². The van der Waals surface area contributed by atoms with Gasteiger partial charge in [-0.3, -0.25) is 0 Å². The lowest BCUT2D eigenvalue weighted by atomic mass is 10.0. The van der Waals surface area contributed by atoms with E-state index in [0.717, 1.165) is 11.1 Å². The molecule has 0 spiro atoms. The normalized spacial score (nSPS) is 14.9. The van der Waals surface area contributed by atoms with Gasteiger partial charge in [-0.1, -0.05) is 24.3 Å². The molecular formula is C11H17NO3. The molecule has 0 bridgehead atoms. The molecule has 0 fully saturated rings. The third kappa shape index (κ3) is 3.60. The van der Waals surface area contributed by atoms with Crippen LogP contribution < -0.4 is 5.73 Å². The van der Waals surface area contributed by atoms with Gasteiger partial charge in [-0.05, 0) is 11.1 Å². The van der Waals surface area contributed by atoms with Crippen molar-refractivity contribution in [1.29, 1.82) is 0 Å². The first kappa shape index (κ1) is 12.1. The van der Waals surface area contributed by atoms with E-state index in [2.05, 4.69) is 0 Å². The molecule has 4 nitrogen and oxygen atoms in total. The summed E-state index contributed by atoms with van der Waals surface area (Å²) in [6.07, 6.45) is -1.72. The fourth-order valence-electron chi connectivity index (χ4n) is 1.38. The summed E-state index contributed by atoms with van der Waals surface area (Å²) in [6, 6.07) is 7.49. The Morgan fingerprint density at radius 3 is 2.40 bits per heavy atom. The van der Waals surface area contributed by atoms with E-state index in [0.29, 0.717) is 13.0 Å². The Labute approximate surface area is 89.0 Å². The number of hydrogen-bond donors (Lipinski definition) is 4. The molecular weight excluding hydrogens is 194 g/mol. The second kappa shape index (κ2) is 5.82. The average Bonchev–Trinajstić information content (AvgIpc) is 2.28. The van der Waals surface area contributed by atoms with Crippen LogP contribution in [0.2, 0.25) is 0 Å². The Bertz CT molecular complexity index is 304. The molecule has 0 saturated carbocycles. The Morgan fingerprint density at radius 2 is 1.80 bits per heavy atom. The van der Waals surface area contributed by atoms with Gasteiger partial charge in [-0.15, -0.1) is 0 Å². The summed E-state index contributed by atoms with van der Waals surface area (Å²) in [5, 5.41) is 27.3. The molecule has 5 N–H and O–H groups in total. The van der Waals surface area contributed by atoms with Crippen LogP contribution >= 0.6 is 0 Å². The van der Waals surface area contributed by atoms with E-state index >= 15 is 0 Å². The van der Waals surface area contributed by atoms with Gasteiger partial charge < -0.3 is 21.1 Å². The largest absolute Gasteiger partial charge is 0.394 e. The third-order valence-corrected chi connectivity index (χ3v) is 2.30. The predicted molar refractivity (Wildman–Crippen MR) is 57.1 cm³/mol. The van der Waals surface area contributed by atoms with E-state index in [-0.39, 0.29) is 0 Å². The highest BCUT2D eigenvalue weighted by atomic mass is 16.4. The predicted octanol–water partition coefficient (Wildman–Crippen LogP) is -0.598. The number of benzene rings is 1. The van der Waals surface area contributed by atoms with E-state index in [4.69, 9.17) is 10.8 Å². The van der Waals surface area contributed by atoms with E-state index in [9.17, 15) is 10.2 Å². The topological polar surface area (TPSA) is 86.7 Å². The lowest BCUT2D eigenvalue weighted by Gasteiger charge is -2.15. The number of aliphatic hydroxyl groups is 3. The van der Waals surface area contributed by atoms with Crippen LogP contribution in [0.3, 0.4) is 0 Å². The first-order valence-electron chi connectivity index (χ1n) is 4.92. The molecule has 2 atom stereocenters. The van der Waals surface area contributed by atoms with Gasteiger partial charge in [-0.2, -0.15) is 0 Å². The zero-order valence-corrected chi connectivity index (χ0v) is 8.50. The summed E-state index contributed by atoms with van der Waals surface area (Å²) in [4.78, 5) is 0. The van der Waals surface area contributed by atoms with Crippen LogP contribution in [0.5, 0.6) is 0 Å². The van der Waals surface area contributed by atoms with Crippen molar-refractivity contribution >= 4 is 0 Å². The minimum atomic E-state index is -1.09. The number of hydrogen-bond acceptors (Lipinski definition) is 4. The summed E-state index contributed by atoms with van der Waals surface area (Å²) >= 11 is 0. The highest BCUT2D eigenvalue weighted by molar-refractivity contribution is 5.23. The van der Waals surface area contributed by atoms with Gasteiger partial charge in [0, 0.05) is 13.0 Å². The summed E-state index contributed by atoms with van der Waals surface area (Å²) in [5.41, 5.74) is 7.37. The summed E-state index contributed by atoms with van der Waals surface area (Å²) in [5.74, 6) is 0. The fraction of sp³-hybridized carbons (Fsp3) is 0.455. The molecule has 0 aliphatic rings. The smallest absolute Gasteiger partial charge is 0.103 e. The monoisotopic (exact) mass is 211 g/mol. The summed E-state index contributed by atoms with van der Waals surface area (Å²) in [7, 11) is 0. The van der Waals surface area contributed by atoms with E-state index in [1.807, 2.05) is 24.3 Å². The molecule has 0 saturated heterocycles. The van der Waals surface area contributed by atoms with Crippen LogP contribution in [0.25, 0.3) is 0 Å². The number of nitrogens with two attached hydrogens (primary N) is 1. The van der Waals surface area contributed by atoms with Crippen molar-refractivity contribution in [3.05, 3.63) is 35.4 Å². The molecule has 1 rings (SSSR count). The Balaban J connectivity index is 2.63. The quantitative estimate of drug-likeness (QED) is 0.524. The minimum absolute atomic E-state index is 0.315. The van der Waals surface area contributed by atoms with Crippen LogP contribution in [0.4, 0.5) is 0 Å². The van der Waals surface area contributed by atoms with Crippen LogP contribution in [0.15, 0.2) is 24.3 Å². The standard InChI is InChI=1S/C11H17NO3/c12-6-9-3-1-2-8(4-9)5-10(14)11(15)7-13/h1-4,10-11,13-15H,5-7,12H2. The Kier molecular flexibility index (Phi) is 4.71. The first-order valence-corrected chi connectivity index (χ1v) is 4.92. The molecule has 84 valence electrons. The minimum Gasteiger partial charge on any atom is -0.394 e. The van der Waals surface area contributed by atoms with E-state index < -0.39 is 18.8 Å². The van der Waals surface area contributed by atoms with Crippen LogP contribution in [0, 0.1) is 0 Å². The lowest BCUT2D eigenvalue weighted by molar-refractivity contribution is -0.0132. The molecule has 1 aromatic rings. The maximum atomic E-state index is 9.49. The van der Waals surface area contributed by atoms with Crippen LogP contribution in [-0.4, -0.2) is 34.1 Å². The van der Waals surface area contributed by atoms with Gasteiger partial charge in [0.2, 0.25) is 0 Å². The second-order valence-corrected chi connectivity index (χ2v) is 3.55. The maximum absolute atomic E-state index is 9.49. The van der Waals surface area contributed by atoms with E-state index in [1.165, 1.54) is 0 Å². The summed E-state index contributed by atoms with van der Waals surface area (Å²) < 4.78 is 0. The highest BCUT2D eigenvalue weighted by Gasteiger charge is 2.15. The molecule has 2 unspecified atom stereocenters. The Hall–Kier alpha value is -0.940. The molecule has 0 amide bonds. The zero-order valence-electron chi connectivity index (χ0n) is 8.50. The van der Waals surface area contributed by atoms with Crippen molar-refractivity contribution in [2.45, 2.75) is 25.2 Å². The van der Waals surface area contributed by atoms with Crippen LogP contribution in [0.1, 0.15) is 11.1 Å². The van der Waals surface area contributed by atoms with Crippen molar-refractivity contribution in [1.82, 2.24) is 0 Å². The average molecular weight is 211 g/mol. The first-order chi connectivity index (χ1) is 7.17. The molecule has 0 radical (unpaired) electrons. The number of aliphatic hydroxyl groups excluding tert-OH is 3. The van der Waals surface area contributed by atoms with Crippen molar-refractivity contribution in [2.75, 3.05) is 6.61 Å².